The fourth-order valence-electron chi connectivity index (χ4n) is 3.70. The van der Waals surface area contributed by atoms with Crippen LogP contribution < -0.4 is 20.3 Å². The van der Waals surface area contributed by atoms with Crippen molar-refractivity contribution < 1.29 is 14.3 Å². The van der Waals surface area contributed by atoms with Crippen molar-refractivity contribution in [2.45, 2.75) is 19.8 Å². The van der Waals surface area contributed by atoms with Crippen LogP contribution in [0.5, 0.6) is 5.75 Å². The first-order valence-electron chi connectivity index (χ1n) is 11.0. The summed E-state index contributed by atoms with van der Waals surface area (Å²) in [6, 6.07) is 12.5. The number of methoxy groups -OCH3 is 1. The predicted octanol–water partition coefficient (Wildman–Crippen LogP) is 3.64. The van der Waals surface area contributed by atoms with Crippen LogP contribution in [0.2, 0.25) is 5.02 Å². The molecule has 7 nitrogen and oxygen atoms in total. The first-order valence-corrected chi connectivity index (χ1v) is 11.4. The highest BCUT2D eigenvalue weighted by Crippen LogP contribution is 2.30. The van der Waals surface area contributed by atoms with E-state index in [2.05, 4.69) is 27.4 Å². The van der Waals surface area contributed by atoms with Crippen molar-refractivity contribution in [1.82, 2.24) is 10.2 Å². The monoisotopic (exact) mass is 458 g/mol. The summed E-state index contributed by atoms with van der Waals surface area (Å²) < 4.78 is 5.10. The van der Waals surface area contributed by atoms with Crippen LogP contribution in [0.3, 0.4) is 0 Å². The number of carbonyl (C=O) groups is 2. The summed E-state index contributed by atoms with van der Waals surface area (Å²) in [5.41, 5.74) is 2.28. The number of likely N-dealkylation sites (N-methyl/N-ethyl adjacent to an activating group) is 1. The van der Waals surface area contributed by atoms with E-state index in [9.17, 15) is 9.59 Å². The van der Waals surface area contributed by atoms with Gasteiger partial charge in [-0.2, -0.15) is 0 Å². The topological polar surface area (TPSA) is 73.9 Å². The number of rotatable bonds is 9. The average Bonchev–Trinajstić information content (AvgIpc) is 2.82. The number of nitrogens with one attached hydrogen (secondary N) is 2. The molecule has 3 rings (SSSR count). The first-order chi connectivity index (χ1) is 15.5. The lowest BCUT2D eigenvalue weighted by Gasteiger charge is -2.36. The van der Waals surface area contributed by atoms with Gasteiger partial charge in [0.25, 0.3) is 5.91 Å². The molecule has 0 aliphatic carbocycles. The molecule has 1 saturated heterocycles. The van der Waals surface area contributed by atoms with Crippen LogP contribution >= 0.6 is 11.6 Å². The molecule has 0 spiro atoms. The molecular formula is C24H31ClN4O3. The maximum absolute atomic E-state index is 12.5. The number of anilines is 2. The lowest BCUT2D eigenvalue weighted by molar-refractivity contribution is -0.116. The van der Waals surface area contributed by atoms with Gasteiger partial charge in [0.05, 0.1) is 18.5 Å². The van der Waals surface area contributed by atoms with Gasteiger partial charge < -0.3 is 25.2 Å². The van der Waals surface area contributed by atoms with E-state index >= 15 is 0 Å². The number of ether oxygens (including phenoxy) is 1. The Morgan fingerprint density at radius 1 is 1.06 bits per heavy atom. The SMILES string of the molecule is CCN1CCN(c2ccc(Cl)cc2NC(=O)CCCNC(=O)c2ccc(OC)cc2)CC1. The molecule has 0 unspecified atom stereocenters. The van der Waals surface area contributed by atoms with Crippen molar-refractivity contribution in [3.8, 4) is 5.75 Å². The first kappa shape index (κ1) is 23.9. The molecule has 0 bridgehead atoms. The molecule has 1 aliphatic rings. The van der Waals surface area contributed by atoms with Gasteiger partial charge in [0.2, 0.25) is 5.91 Å². The molecular weight excluding hydrogens is 428 g/mol. The molecule has 0 aromatic heterocycles. The summed E-state index contributed by atoms with van der Waals surface area (Å²) in [7, 11) is 1.58. The smallest absolute Gasteiger partial charge is 0.251 e. The molecule has 32 heavy (non-hydrogen) atoms. The van der Waals surface area contributed by atoms with Crippen molar-refractivity contribution in [2.75, 3.05) is 56.6 Å². The number of hydrogen-bond acceptors (Lipinski definition) is 5. The molecule has 2 aromatic carbocycles. The number of piperazine rings is 1. The zero-order chi connectivity index (χ0) is 22.9. The van der Waals surface area contributed by atoms with E-state index in [1.54, 1.807) is 37.4 Å². The molecule has 0 saturated carbocycles. The second kappa shape index (κ2) is 11.7. The van der Waals surface area contributed by atoms with Gasteiger partial charge in [-0.25, -0.2) is 0 Å². The third kappa shape index (κ3) is 6.61. The van der Waals surface area contributed by atoms with Gasteiger partial charge in [0, 0.05) is 49.7 Å². The number of nitrogens with zero attached hydrogens (tertiary/aromatic N) is 2. The number of hydrogen-bond donors (Lipinski definition) is 2. The normalized spacial score (nSPS) is 14.2. The molecule has 0 radical (unpaired) electrons. The van der Waals surface area contributed by atoms with Crippen LogP contribution in [0.4, 0.5) is 11.4 Å². The van der Waals surface area contributed by atoms with E-state index in [0.29, 0.717) is 35.7 Å². The summed E-state index contributed by atoms with van der Waals surface area (Å²) >= 11 is 6.19. The Bertz CT molecular complexity index is 912. The lowest BCUT2D eigenvalue weighted by atomic mass is 10.2. The van der Waals surface area contributed by atoms with Gasteiger partial charge in [-0.15, -0.1) is 0 Å². The molecule has 0 atom stereocenters. The second-order valence-electron chi connectivity index (χ2n) is 7.72. The Hall–Kier alpha value is -2.77. The fourth-order valence-corrected chi connectivity index (χ4v) is 3.87. The number of carbonyl (C=O) groups excluding carboxylic acids is 2. The van der Waals surface area contributed by atoms with Gasteiger partial charge >= 0.3 is 0 Å². The van der Waals surface area contributed by atoms with Crippen molar-refractivity contribution in [1.29, 1.82) is 0 Å². The highest BCUT2D eigenvalue weighted by Gasteiger charge is 2.19. The van der Waals surface area contributed by atoms with Gasteiger partial charge in [0.1, 0.15) is 5.75 Å². The van der Waals surface area contributed by atoms with E-state index in [4.69, 9.17) is 16.3 Å². The van der Waals surface area contributed by atoms with Crippen molar-refractivity contribution in [2.24, 2.45) is 0 Å². The molecule has 1 aliphatic heterocycles. The molecule has 1 fully saturated rings. The number of benzene rings is 2. The van der Waals surface area contributed by atoms with Crippen molar-refractivity contribution >= 4 is 34.8 Å². The van der Waals surface area contributed by atoms with Gasteiger partial charge in [-0.1, -0.05) is 18.5 Å². The minimum atomic E-state index is -0.170. The molecule has 2 aromatic rings. The Morgan fingerprint density at radius 2 is 1.78 bits per heavy atom. The summed E-state index contributed by atoms with van der Waals surface area (Å²) in [6.45, 7) is 7.46. The predicted molar refractivity (Wildman–Crippen MR) is 129 cm³/mol. The van der Waals surface area contributed by atoms with Crippen LogP contribution in [0.1, 0.15) is 30.1 Å². The highest BCUT2D eigenvalue weighted by atomic mass is 35.5. The Kier molecular flexibility index (Phi) is 8.76. The van der Waals surface area contributed by atoms with Gasteiger partial charge in [-0.3, -0.25) is 9.59 Å². The quantitative estimate of drug-likeness (QED) is 0.561. The third-order valence-electron chi connectivity index (χ3n) is 5.61. The van der Waals surface area contributed by atoms with Crippen molar-refractivity contribution in [3.05, 3.63) is 53.1 Å². The molecule has 172 valence electrons. The van der Waals surface area contributed by atoms with E-state index in [-0.39, 0.29) is 11.8 Å². The van der Waals surface area contributed by atoms with E-state index in [0.717, 1.165) is 44.1 Å². The minimum Gasteiger partial charge on any atom is -0.497 e. The zero-order valence-electron chi connectivity index (χ0n) is 18.7. The largest absolute Gasteiger partial charge is 0.497 e. The average molecular weight is 459 g/mol. The van der Waals surface area contributed by atoms with E-state index < -0.39 is 0 Å². The fraction of sp³-hybridized carbons (Fsp3) is 0.417. The zero-order valence-corrected chi connectivity index (χ0v) is 19.5. The second-order valence-corrected chi connectivity index (χ2v) is 8.16. The van der Waals surface area contributed by atoms with Crippen LogP contribution in [0, 0.1) is 0 Å². The van der Waals surface area contributed by atoms with Gasteiger partial charge in [-0.05, 0) is 55.4 Å². The van der Waals surface area contributed by atoms with Crippen LogP contribution in [-0.4, -0.2) is 63.1 Å². The molecule has 2 N–H and O–H groups in total. The number of halogens is 1. The summed E-state index contributed by atoms with van der Waals surface area (Å²) in [4.78, 5) is 29.4. The minimum absolute atomic E-state index is 0.0978. The van der Waals surface area contributed by atoms with Crippen LogP contribution in [0.25, 0.3) is 0 Å². The summed E-state index contributed by atoms with van der Waals surface area (Å²) in [6.07, 6.45) is 0.845. The summed E-state index contributed by atoms with van der Waals surface area (Å²) in [5.74, 6) is 0.432. The van der Waals surface area contributed by atoms with Crippen molar-refractivity contribution in [3.63, 3.8) is 0 Å². The maximum Gasteiger partial charge on any atom is 0.251 e. The highest BCUT2D eigenvalue weighted by molar-refractivity contribution is 6.31. The number of amides is 2. The van der Waals surface area contributed by atoms with E-state index in [1.807, 2.05) is 12.1 Å². The molecule has 2 amide bonds. The lowest BCUT2D eigenvalue weighted by Crippen LogP contribution is -2.46. The molecule has 8 heteroatoms. The third-order valence-corrected chi connectivity index (χ3v) is 5.85. The Balaban J connectivity index is 1.48. The molecule has 1 heterocycles. The van der Waals surface area contributed by atoms with Gasteiger partial charge in [0.15, 0.2) is 0 Å². The standard InChI is InChI=1S/C24H31ClN4O3/c1-3-28-13-15-29(16-14-28)22-11-8-19(25)17-21(22)27-23(30)5-4-12-26-24(31)18-6-9-20(32-2)10-7-18/h6-11,17H,3-5,12-16H2,1-2H3,(H,26,31)(H,27,30). The maximum atomic E-state index is 12.5. The van der Waals surface area contributed by atoms with E-state index in [1.165, 1.54) is 0 Å². The Labute approximate surface area is 194 Å². The summed E-state index contributed by atoms with van der Waals surface area (Å²) in [5, 5.41) is 6.43. The van der Waals surface area contributed by atoms with Crippen LogP contribution in [0.15, 0.2) is 42.5 Å². The Morgan fingerprint density at radius 3 is 2.44 bits per heavy atom. The van der Waals surface area contributed by atoms with Crippen LogP contribution in [-0.2, 0) is 4.79 Å².